The average Bonchev–Trinajstić information content (AvgIpc) is 3.07. The van der Waals surface area contributed by atoms with Crippen LogP contribution < -0.4 is 5.73 Å². The number of nitrogens with two attached hydrogens (primary N) is 1. The van der Waals surface area contributed by atoms with Gasteiger partial charge in [0.05, 0.1) is 23.6 Å². The zero-order chi connectivity index (χ0) is 13.2. The van der Waals surface area contributed by atoms with Gasteiger partial charge in [0, 0.05) is 0 Å². The lowest BCUT2D eigenvalue weighted by atomic mass is 9.95. The van der Waals surface area contributed by atoms with Crippen LogP contribution in [0.4, 0.5) is 0 Å². The quantitative estimate of drug-likeness (QED) is 0.918. The molecule has 3 atom stereocenters. The average molecular weight is 256 g/mol. The van der Waals surface area contributed by atoms with Gasteiger partial charge in [-0.1, -0.05) is 36.8 Å². The Labute approximate surface area is 113 Å². The molecule has 0 bridgehead atoms. The number of nitrogens with zero attached hydrogens (tertiary/aromatic N) is 3. The van der Waals surface area contributed by atoms with Crippen LogP contribution in [0.3, 0.4) is 0 Å². The summed E-state index contributed by atoms with van der Waals surface area (Å²) in [5.74, 6) is 1.34. The Balaban J connectivity index is 1.88. The van der Waals surface area contributed by atoms with Crippen LogP contribution in [0.25, 0.3) is 5.69 Å². The van der Waals surface area contributed by atoms with Gasteiger partial charge in [-0.3, -0.25) is 0 Å². The summed E-state index contributed by atoms with van der Waals surface area (Å²) in [6, 6.07) is 10.1. The number of hydrogen-bond donors (Lipinski definition) is 1. The standard InChI is InChI=1S/C15H20N4/c1-11-7-8-12(9-11)15(16)14-10-17-18-19(14)13-5-3-2-4-6-13/h2-6,10-12,15H,7-9,16H2,1H3. The SMILES string of the molecule is CC1CCC(C(N)c2cnnn2-c2ccccc2)C1. The van der Waals surface area contributed by atoms with Crippen LogP contribution in [0.1, 0.15) is 37.9 Å². The summed E-state index contributed by atoms with van der Waals surface area (Å²) >= 11 is 0. The zero-order valence-electron chi connectivity index (χ0n) is 11.2. The minimum Gasteiger partial charge on any atom is -0.322 e. The maximum atomic E-state index is 6.44. The molecule has 1 saturated carbocycles. The van der Waals surface area contributed by atoms with E-state index in [9.17, 15) is 0 Å². The minimum absolute atomic E-state index is 0.0279. The largest absolute Gasteiger partial charge is 0.322 e. The molecule has 3 unspecified atom stereocenters. The second-order valence-corrected chi connectivity index (χ2v) is 5.61. The predicted molar refractivity (Wildman–Crippen MR) is 74.8 cm³/mol. The van der Waals surface area contributed by atoms with Crippen molar-refractivity contribution in [1.29, 1.82) is 0 Å². The Morgan fingerprint density at radius 2 is 2.05 bits per heavy atom. The normalized spacial score (nSPS) is 24.5. The number of benzene rings is 1. The smallest absolute Gasteiger partial charge is 0.0815 e. The molecular weight excluding hydrogens is 236 g/mol. The molecule has 1 aromatic carbocycles. The first-order chi connectivity index (χ1) is 9.25. The Bertz CT molecular complexity index is 534. The van der Waals surface area contributed by atoms with Gasteiger partial charge in [0.15, 0.2) is 0 Å². The summed E-state index contributed by atoms with van der Waals surface area (Å²) < 4.78 is 1.87. The van der Waals surface area contributed by atoms with Crippen molar-refractivity contribution < 1.29 is 0 Å². The van der Waals surface area contributed by atoms with Gasteiger partial charge in [0.2, 0.25) is 0 Å². The van der Waals surface area contributed by atoms with Gasteiger partial charge in [-0.25, -0.2) is 4.68 Å². The first-order valence-corrected chi connectivity index (χ1v) is 6.97. The summed E-state index contributed by atoms with van der Waals surface area (Å²) in [7, 11) is 0. The molecule has 19 heavy (non-hydrogen) atoms. The summed E-state index contributed by atoms with van der Waals surface area (Å²) in [6.45, 7) is 2.31. The third kappa shape index (κ3) is 2.40. The molecule has 0 aliphatic heterocycles. The van der Waals surface area contributed by atoms with Gasteiger partial charge in [-0.05, 0) is 36.8 Å². The molecule has 100 valence electrons. The Kier molecular flexibility index (Phi) is 3.34. The molecule has 1 heterocycles. The second kappa shape index (κ2) is 5.13. The molecule has 0 spiro atoms. The van der Waals surface area contributed by atoms with E-state index in [1.165, 1.54) is 19.3 Å². The number of para-hydroxylation sites is 1. The lowest BCUT2D eigenvalue weighted by Crippen LogP contribution is -2.22. The van der Waals surface area contributed by atoms with Crippen molar-refractivity contribution in [3.63, 3.8) is 0 Å². The predicted octanol–water partition coefficient (Wildman–Crippen LogP) is 2.70. The number of hydrogen-bond acceptors (Lipinski definition) is 3. The van der Waals surface area contributed by atoms with E-state index >= 15 is 0 Å². The highest BCUT2D eigenvalue weighted by Crippen LogP contribution is 2.37. The molecule has 3 rings (SSSR count). The summed E-state index contributed by atoms with van der Waals surface area (Å²) in [6.07, 6.45) is 5.51. The van der Waals surface area contributed by atoms with E-state index in [0.29, 0.717) is 5.92 Å². The van der Waals surface area contributed by atoms with Crippen LogP contribution in [0.15, 0.2) is 36.5 Å². The van der Waals surface area contributed by atoms with E-state index in [0.717, 1.165) is 17.3 Å². The number of rotatable bonds is 3. The maximum absolute atomic E-state index is 6.44. The zero-order valence-corrected chi connectivity index (χ0v) is 11.2. The highest BCUT2D eigenvalue weighted by atomic mass is 15.4. The van der Waals surface area contributed by atoms with Crippen LogP contribution >= 0.6 is 0 Å². The van der Waals surface area contributed by atoms with E-state index in [-0.39, 0.29) is 6.04 Å². The van der Waals surface area contributed by atoms with E-state index in [4.69, 9.17) is 5.73 Å². The van der Waals surface area contributed by atoms with Crippen LogP contribution in [-0.2, 0) is 0 Å². The Hall–Kier alpha value is -1.68. The maximum Gasteiger partial charge on any atom is 0.0815 e. The summed E-state index contributed by atoms with van der Waals surface area (Å²) in [5, 5.41) is 8.23. The molecule has 1 fully saturated rings. The van der Waals surface area contributed by atoms with E-state index in [2.05, 4.69) is 17.2 Å². The Morgan fingerprint density at radius 3 is 2.74 bits per heavy atom. The molecule has 4 nitrogen and oxygen atoms in total. The van der Waals surface area contributed by atoms with Crippen molar-refractivity contribution >= 4 is 0 Å². The fourth-order valence-electron chi connectivity index (χ4n) is 3.06. The fourth-order valence-corrected chi connectivity index (χ4v) is 3.06. The van der Waals surface area contributed by atoms with Crippen molar-refractivity contribution in [2.75, 3.05) is 0 Å². The highest BCUT2D eigenvalue weighted by molar-refractivity contribution is 5.32. The van der Waals surface area contributed by atoms with Gasteiger partial charge < -0.3 is 5.73 Å². The lowest BCUT2D eigenvalue weighted by Gasteiger charge is -2.19. The molecule has 2 N–H and O–H groups in total. The molecule has 0 amide bonds. The van der Waals surface area contributed by atoms with Gasteiger partial charge >= 0.3 is 0 Å². The van der Waals surface area contributed by atoms with Crippen molar-refractivity contribution in [2.24, 2.45) is 17.6 Å². The summed E-state index contributed by atoms with van der Waals surface area (Å²) in [5.41, 5.74) is 8.49. The first kappa shape index (κ1) is 12.4. The third-order valence-electron chi connectivity index (χ3n) is 4.16. The van der Waals surface area contributed by atoms with Crippen molar-refractivity contribution in [3.05, 3.63) is 42.2 Å². The lowest BCUT2D eigenvalue weighted by molar-refractivity contribution is 0.415. The molecule has 0 radical (unpaired) electrons. The monoisotopic (exact) mass is 256 g/mol. The summed E-state index contributed by atoms with van der Waals surface area (Å²) in [4.78, 5) is 0. The molecule has 0 saturated heterocycles. The van der Waals surface area contributed by atoms with E-state index in [1.807, 2.05) is 35.0 Å². The van der Waals surface area contributed by atoms with Crippen LogP contribution in [0, 0.1) is 11.8 Å². The van der Waals surface area contributed by atoms with E-state index < -0.39 is 0 Å². The van der Waals surface area contributed by atoms with Gasteiger partial charge in [0.1, 0.15) is 0 Å². The van der Waals surface area contributed by atoms with Crippen molar-refractivity contribution in [3.8, 4) is 5.69 Å². The molecule has 4 heteroatoms. The third-order valence-corrected chi connectivity index (χ3v) is 4.16. The van der Waals surface area contributed by atoms with Crippen LogP contribution in [-0.4, -0.2) is 15.0 Å². The fraction of sp³-hybridized carbons (Fsp3) is 0.467. The van der Waals surface area contributed by atoms with Crippen LogP contribution in [0.2, 0.25) is 0 Å². The first-order valence-electron chi connectivity index (χ1n) is 6.97. The molecular formula is C15H20N4. The molecule has 2 aromatic rings. The molecule has 1 aliphatic carbocycles. The number of aromatic nitrogens is 3. The molecule has 1 aromatic heterocycles. The highest BCUT2D eigenvalue weighted by Gasteiger charge is 2.29. The van der Waals surface area contributed by atoms with Crippen molar-refractivity contribution in [2.45, 2.75) is 32.2 Å². The molecule has 1 aliphatic rings. The second-order valence-electron chi connectivity index (χ2n) is 5.61. The van der Waals surface area contributed by atoms with Crippen LogP contribution in [0.5, 0.6) is 0 Å². The topological polar surface area (TPSA) is 56.7 Å². The van der Waals surface area contributed by atoms with Gasteiger partial charge in [0.25, 0.3) is 0 Å². The van der Waals surface area contributed by atoms with Crippen molar-refractivity contribution in [1.82, 2.24) is 15.0 Å². The van der Waals surface area contributed by atoms with Gasteiger partial charge in [-0.15, -0.1) is 5.10 Å². The van der Waals surface area contributed by atoms with Gasteiger partial charge in [-0.2, -0.15) is 0 Å². The Morgan fingerprint density at radius 1 is 1.26 bits per heavy atom. The van der Waals surface area contributed by atoms with E-state index in [1.54, 1.807) is 6.20 Å². The minimum atomic E-state index is 0.0279.